The van der Waals surface area contributed by atoms with Crippen molar-refractivity contribution in [2.24, 2.45) is 11.8 Å². The molecule has 1 fully saturated rings. The van der Waals surface area contributed by atoms with Gasteiger partial charge >= 0.3 is 0 Å². The topological polar surface area (TPSA) is 34.1 Å². The molecule has 1 heterocycles. The monoisotopic (exact) mass is 276 g/mol. The lowest BCUT2D eigenvalue weighted by Gasteiger charge is -2.13. The first kappa shape index (κ1) is 15.3. The number of rotatable bonds is 7. The van der Waals surface area contributed by atoms with Crippen LogP contribution in [0.15, 0.2) is 12.1 Å². The molecule has 1 saturated carbocycles. The molecule has 1 aromatic heterocycles. The first-order chi connectivity index (χ1) is 9.65. The second kappa shape index (κ2) is 7.63. The Morgan fingerprint density at radius 2 is 2.05 bits per heavy atom. The molecule has 0 bridgehead atoms. The van der Waals surface area contributed by atoms with Crippen LogP contribution in [-0.4, -0.2) is 18.1 Å². The van der Waals surface area contributed by atoms with Crippen LogP contribution in [0.4, 0.5) is 0 Å². The van der Waals surface area contributed by atoms with Crippen LogP contribution in [-0.2, 0) is 6.54 Å². The quantitative estimate of drug-likeness (QED) is 0.824. The lowest BCUT2D eigenvalue weighted by Crippen LogP contribution is -2.19. The van der Waals surface area contributed by atoms with Crippen molar-refractivity contribution in [3.63, 3.8) is 0 Å². The van der Waals surface area contributed by atoms with Crippen molar-refractivity contribution >= 4 is 0 Å². The number of aromatic nitrogens is 1. The van der Waals surface area contributed by atoms with Crippen LogP contribution in [0, 0.1) is 18.8 Å². The fourth-order valence-corrected chi connectivity index (χ4v) is 2.71. The van der Waals surface area contributed by atoms with Crippen LogP contribution >= 0.6 is 0 Å². The Kier molecular flexibility index (Phi) is 5.84. The van der Waals surface area contributed by atoms with Crippen LogP contribution in [0.2, 0.25) is 0 Å². The van der Waals surface area contributed by atoms with Gasteiger partial charge in [0, 0.05) is 18.3 Å². The lowest BCUT2D eigenvalue weighted by atomic mass is 10.1. The average molecular weight is 276 g/mol. The maximum atomic E-state index is 5.84. The van der Waals surface area contributed by atoms with Gasteiger partial charge in [0.1, 0.15) is 0 Å². The van der Waals surface area contributed by atoms with Gasteiger partial charge in [-0.25, -0.2) is 4.98 Å². The second-order valence-corrected chi connectivity index (χ2v) is 6.38. The maximum Gasteiger partial charge on any atom is 0.213 e. The summed E-state index contributed by atoms with van der Waals surface area (Å²) in [5.74, 6) is 2.20. The molecule has 20 heavy (non-hydrogen) atoms. The highest BCUT2D eigenvalue weighted by Crippen LogP contribution is 2.25. The number of nitrogens with zero attached hydrogens (tertiary/aromatic N) is 1. The van der Waals surface area contributed by atoms with Gasteiger partial charge in [-0.15, -0.1) is 0 Å². The fraction of sp³-hybridized carbons (Fsp3) is 0.706. The Morgan fingerprint density at radius 3 is 2.70 bits per heavy atom. The largest absolute Gasteiger partial charge is 0.477 e. The van der Waals surface area contributed by atoms with Gasteiger partial charge in [0.05, 0.1) is 6.61 Å². The number of aryl methyl sites for hydroxylation is 1. The normalized spacial score (nSPS) is 16.0. The van der Waals surface area contributed by atoms with Crippen LogP contribution < -0.4 is 10.1 Å². The van der Waals surface area contributed by atoms with E-state index < -0.39 is 0 Å². The van der Waals surface area contributed by atoms with Crippen molar-refractivity contribution in [1.29, 1.82) is 0 Å². The number of pyridine rings is 1. The molecule has 3 nitrogen and oxygen atoms in total. The zero-order chi connectivity index (χ0) is 14.4. The van der Waals surface area contributed by atoms with Crippen molar-refractivity contribution in [3.8, 4) is 5.88 Å². The molecular weight excluding hydrogens is 248 g/mol. The molecule has 0 amide bonds. The second-order valence-electron chi connectivity index (χ2n) is 6.38. The summed E-state index contributed by atoms with van der Waals surface area (Å²) in [4.78, 5) is 4.57. The van der Waals surface area contributed by atoms with Gasteiger partial charge < -0.3 is 10.1 Å². The number of hydrogen-bond donors (Lipinski definition) is 1. The smallest absolute Gasteiger partial charge is 0.213 e. The number of nitrogens with one attached hydrogen (secondary N) is 1. The number of ether oxygens (including phenoxy) is 1. The Labute approximate surface area is 123 Å². The van der Waals surface area contributed by atoms with E-state index in [9.17, 15) is 0 Å². The first-order valence-electron chi connectivity index (χ1n) is 7.95. The maximum absolute atomic E-state index is 5.84. The molecule has 3 heteroatoms. The Hall–Kier alpha value is -1.09. The molecule has 1 aliphatic carbocycles. The molecule has 0 aliphatic heterocycles. The standard InChI is InChI=1S/C17H28N2O/c1-13(2)10-18-11-16-8-9-17(19-14(16)3)20-12-15-6-4-5-7-15/h8-9,13,15,18H,4-7,10-12H2,1-3H3. The van der Waals surface area contributed by atoms with E-state index in [1.54, 1.807) is 0 Å². The molecule has 0 radical (unpaired) electrons. The van der Waals surface area contributed by atoms with Gasteiger partial charge in [-0.2, -0.15) is 0 Å². The molecule has 1 N–H and O–H groups in total. The van der Waals surface area contributed by atoms with E-state index in [4.69, 9.17) is 4.74 Å². The van der Waals surface area contributed by atoms with E-state index in [2.05, 4.69) is 37.1 Å². The van der Waals surface area contributed by atoms with E-state index in [-0.39, 0.29) is 0 Å². The summed E-state index contributed by atoms with van der Waals surface area (Å²) < 4.78 is 5.84. The van der Waals surface area contributed by atoms with Crippen molar-refractivity contribution < 1.29 is 4.74 Å². The SMILES string of the molecule is Cc1nc(OCC2CCCC2)ccc1CNCC(C)C. The first-order valence-corrected chi connectivity index (χ1v) is 7.95. The molecule has 2 rings (SSSR count). The molecule has 1 aliphatic rings. The highest BCUT2D eigenvalue weighted by Gasteiger charge is 2.15. The van der Waals surface area contributed by atoms with Crippen LogP contribution in [0.3, 0.4) is 0 Å². The molecule has 1 aromatic rings. The lowest BCUT2D eigenvalue weighted by molar-refractivity contribution is 0.243. The van der Waals surface area contributed by atoms with Crippen molar-refractivity contribution in [3.05, 3.63) is 23.4 Å². The third-order valence-electron chi connectivity index (χ3n) is 3.98. The molecule has 0 atom stereocenters. The summed E-state index contributed by atoms with van der Waals surface area (Å²) in [6.07, 6.45) is 5.36. The van der Waals surface area contributed by atoms with Crippen LogP contribution in [0.25, 0.3) is 0 Å². The molecule has 0 aromatic carbocycles. The average Bonchev–Trinajstić information content (AvgIpc) is 2.91. The highest BCUT2D eigenvalue weighted by atomic mass is 16.5. The summed E-state index contributed by atoms with van der Waals surface area (Å²) in [6, 6.07) is 4.15. The Bertz CT molecular complexity index is 411. The van der Waals surface area contributed by atoms with E-state index in [0.717, 1.165) is 37.2 Å². The molecule has 112 valence electrons. The van der Waals surface area contributed by atoms with E-state index in [1.807, 2.05) is 6.07 Å². The summed E-state index contributed by atoms with van der Waals surface area (Å²) in [5.41, 5.74) is 2.34. The van der Waals surface area contributed by atoms with E-state index >= 15 is 0 Å². The van der Waals surface area contributed by atoms with Gasteiger partial charge in [-0.1, -0.05) is 32.8 Å². The van der Waals surface area contributed by atoms with Crippen LogP contribution in [0.5, 0.6) is 5.88 Å². The van der Waals surface area contributed by atoms with Gasteiger partial charge in [0.25, 0.3) is 0 Å². The minimum absolute atomic E-state index is 0.678. The van der Waals surface area contributed by atoms with Gasteiger partial charge in [-0.3, -0.25) is 0 Å². The summed E-state index contributed by atoms with van der Waals surface area (Å²) in [7, 11) is 0. The van der Waals surface area contributed by atoms with Gasteiger partial charge in [0.2, 0.25) is 5.88 Å². The summed E-state index contributed by atoms with van der Waals surface area (Å²) in [5, 5.41) is 3.46. The molecule has 0 spiro atoms. The molecule has 0 unspecified atom stereocenters. The van der Waals surface area contributed by atoms with E-state index in [1.165, 1.54) is 31.2 Å². The highest BCUT2D eigenvalue weighted by molar-refractivity contribution is 5.24. The number of hydrogen-bond acceptors (Lipinski definition) is 3. The van der Waals surface area contributed by atoms with Gasteiger partial charge in [-0.05, 0) is 43.7 Å². The third-order valence-corrected chi connectivity index (χ3v) is 3.98. The Morgan fingerprint density at radius 1 is 1.30 bits per heavy atom. The summed E-state index contributed by atoms with van der Waals surface area (Å²) >= 11 is 0. The zero-order valence-electron chi connectivity index (χ0n) is 13.1. The van der Waals surface area contributed by atoms with Crippen LogP contribution in [0.1, 0.15) is 50.8 Å². The zero-order valence-corrected chi connectivity index (χ0v) is 13.1. The minimum atomic E-state index is 0.678. The molecular formula is C17H28N2O. The van der Waals surface area contributed by atoms with Crippen molar-refractivity contribution in [1.82, 2.24) is 10.3 Å². The predicted molar refractivity (Wildman–Crippen MR) is 83.0 cm³/mol. The minimum Gasteiger partial charge on any atom is -0.477 e. The third kappa shape index (κ3) is 4.78. The summed E-state index contributed by atoms with van der Waals surface area (Å²) in [6.45, 7) is 9.27. The van der Waals surface area contributed by atoms with Crippen molar-refractivity contribution in [2.75, 3.05) is 13.2 Å². The van der Waals surface area contributed by atoms with E-state index in [0.29, 0.717) is 5.92 Å². The fourth-order valence-electron chi connectivity index (χ4n) is 2.71. The van der Waals surface area contributed by atoms with Crippen molar-refractivity contribution in [2.45, 2.75) is 53.0 Å². The Balaban J connectivity index is 1.81. The van der Waals surface area contributed by atoms with Gasteiger partial charge in [0.15, 0.2) is 0 Å². The molecule has 0 saturated heterocycles. The predicted octanol–water partition coefficient (Wildman–Crippen LogP) is 3.70.